The standard InChI is InChI=1S/C10H14ClN/c1-8-4-5-10(11)9(6-8)7-12(2)3/h4-6H,7H2,1-3H3. The van der Waals surface area contributed by atoms with Gasteiger partial charge in [0.05, 0.1) is 0 Å². The largest absolute Gasteiger partial charge is 0.305 e. The second-order valence-electron chi connectivity index (χ2n) is 3.33. The normalized spacial score (nSPS) is 10.8. The van der Waals surface area contributed by atoms with Crippen molar-refractivity contribution in [3.63, 3.8) is 0 Å². The van der Waals surface area contributed by atoms with Gasteiger partial charge < -0.3 is 4.90 Å². The Morgan fingerprint density at radius 2 is 2.00 bits per heavy atom. The van der Waals surface area contributed by atoms with Crippen LogP contribution in [0.5, 0.6) is 0 Å². The van der Waals surface area contributed by atoms with Crippen molar-refractivity contribution in [3.8, 4) is 0 Å². The van der Waals surface area contributed by atoms with Crippen molar-refractivity contribution in [3.05, 3.63) is 34.3 Å². The molecule has 0 saturated carbocycles. The van der Waals surface area contributed by atoms with Crippen LogP contribution < -0.4 is 0 Å². The number of hydrogen-bond donors (Lipinski definition) is 0. The molecule has 66 valence electrons. The molecule has 0 aliphatic carbocycles. The van der Waals surface area contributed by atoms with Crippen LogP contribution in [-0.4, -0.2) is 19.0 Å². The minimum absolute atomic E-state index is 0.856. The van der Waals surface area contributed by atoms with Crippen molar-refractivity contribution in [1.82, 2.24) is 4.90 Å². The van der Waals surface area contributed by atoms with E-state index >= 15 is 0 Å². The molecule has 0 unspecified atom stereocenters. The Kier molecular flexibility index (Phi) is 3.12. The van der Waals surface area contributed by atoms with E-state index in [0.29, 0.717) is 0 Å². The molecule has 1 nitrogen and oxygen atoms in total. The fourth-order valence-corrected chi connectivity index (χ4v) is 1.34. The highest BCUT2D eigenvalue weighted by molar-refractivity contribution is 6.31. The zero-order chi connectivity index (χ0) is 9.14. The third-order valence-electron chi connectivity index (χ3n) is 1.69. The first-order valence-corrected chi connectivity index (χ1v) is 4.37. The lowest BCUT2D eigenvalue weighted by Gasteiger charge is -2.11. The molecule has 1 rings (SSSR count). The molecule has 0 saturated heterocycles. The van der Waals surface area contributed by atoms with E-state index < -0.39 is 0 Å². The summed E-state index contributed by atoms with van der Waals surface area (Å²) in [6.45, 7) is 2.98. The van der Waals surface area contributed by atoms with Crippen LogP contribution in [0, 0.1) is 6.92 Å². The van der Waals surface area contributed by atoms with Crippen molar-refractivity contribution >= 4 is 11.6 Å². The van der Waals surface area contributed by atoms with Crippen molar-refractivity contribution in [2.24, 2.45) is 0 Å². The van der Waals surface area contributed by atoms with E-state index in [0.717, 1.165) is 11.6 Å². The van der Waals surface area contributed by atoms with E-state index in [4.69, 9.17) is 11.6 Å². The average Bonchev–Trinajstić information content (AvgIpc) is 1.96. The Labute approximate surface area is 79.0 Å². The summed E-state index contributed by atoms with van der Waals surface area (Å²) in [5, 5.41) is 0.856. The van der Waals surface area contributed by atoms with Crippen LogP contribution in [0.25, 0.3) is 0 Å². The molecule has 0 aliphatic rings. The maximum Gasteiger partial charge on any atom is 0.0451 e. The molecule has 0 aliphatic heterocycles. The molecule has 12 heavy (non-hydrogen) atoms. The van der Waals surface area contributed by atoms with Gasteiger partial charge >= 0.3 is 0 Å². The van der Waals surface area contributed by atoms with Crippen molar-refractivity contribution in [2.75, 3.05) is 14.1 Å². The highest BCUT2D eigenvalue weighted by atomic mass is 35.5. The predicted molar refractivity (Wildman–Crippen MR) is 53.6 cm³/mol. The molecule has 1 aromatic rings. The molecule has 0 atom stereocenters. The third-order valence-corrected chi connectivity index (χ3v) is 2.06. The Bertz CT molecular complexity index is 269. The Balaban J connectivity index is 2.90. The van der Waals surface area contributed by atoms with Crippen LogP contribution in [0.2, 0.25) is 5.02 Å². The van der Waals surface area contributed by atoms with Gasteiger partial charge in [0.2, 0.25) is 0 Å². The Morgan fingerprint density at radius 3 is 2.58 bits per heavy atom. The minimum atomic E-state index is 0.856. The van der Waals surface area contributed by atoms with Crippen LogP contribution >= 0.6 is 11.6 Å². The van der Waals surface area contributed by atoms with Crippen LogP contribution in [0.3, 0.4) is 0 Å². The predicted octanol–water partition coefficient (Wildman–Crippen LogP) is 2.71. The van der Waals surface area contributed by atoms with E-state index in [2.05, 4.69) is 17.9 Å². The average molecular weight is 184 g/mol. The van der Waals surface area contributed by atoms with Crippen molar-refractivity contribution in [2.45, 2.75) is 13.5 Å². The zero-order valence-corrected chi connectivity index (χ0v) is 8.52. The van der Waals surface area contributed by atoms with E-state index in [1.165, 1.54) is 11.1 Å². The molecule has 1 aromatic carbocycles. The summed E-state index contributed by atoms with van der Waals surface area (Å²) >= 11 is 6.01. The van der Waals surface area contributed by atoms with Crippen LogP contribution in [0.1, 0.15) is 11.1 Å². The summed E-state index contributed by atoms with van der Waals surface area (Å²) in [6.07, 6.45) is 0. The van der Waals surface area contributed by atoms with Gasteiger partial charge in [-0.05, 0) is 32.6 Å². The van der Waals surface area contributed by atoms with Gasteiger partial charge in [-0.15, -0.1) is 0 Å². The summed E-state index contributed by atoms with van der Waals surface area (Å²) in [5.74, 6) is 0. The molecule has 0 radical (unpaired) electrons. The molecule has 0 amide bonds. The van der Waals surface area contributed by atoms with Crippen LogP contribution in [-0.2, 0) is 6.54 Å². The lowest BCUT2D eigenvalue weighted by Crippen LogP contribution is -2.11. The minimum Gasteiger partial charge on any atom is -0.305 e. The lowest BCUT2D eigenvalue weighted by atomic mass is 10.1. The molecular weight excluding hydrogens is 170 g/mol. The SMILES string of the molecule is Cc1ccc(Cl)c(CN(C)C)c1. The summed E-state index contributed by atoms with van der Waals surface area (Å²) in [4.78, 5) is 2.11. The Morgan fingerprint density at radius 1 is 1.33 bits per heavy atom. The zero-order valence-electron chi connectivity index (χ0n) is 7.76. The summed E-state index contributed by atoms with van der Waals surface area (Å²) < 4.78 is 0. The van der Waals surface area contributed by atoms with Crippen LogP contribution in [0.4, 0.5) is 0 Å². The highest BCUT2D eigenvalue weighted by Crippen LogP contribution is 2.18. The van der Waals surface area contributed by atoms with Crippen LogP contribution in [0.15, 0.2) is 18.2 Å². The molecule has 0 fully saturated rings. The molecular formula is C10H14ClN. The summed E-state index contributed by atoms with van der Waals surface area (Å²) in [6, 6.07) is 6.11. The molecule has 0 aromatic heterocycles. The molecule has 0 heterocycles. The number of rotatable bonds is 2. The van der Waals surface area contributed by atoms with Crippen molar-refractivity contribution in [1.29, 1.82) is 0 Å². The topological polar surface area (TPSA) is 3.24 Å². The smallest absolute Gasteiger partial charge is 0.0451 e. The number of halogens is 1. The number of aryl methyl sites for hydroxylation is 1. The molecule has 0 bridgehead atoms. The second kappa shape index (κ2) is 3.92. The van der Waals surface area contributed by atoms with Gasteiger partial charge in [0, 0.05) is 11.6 Å². The van der Waals surface area contributed by atoms with Gasteiger partial charge in [0.1, 0.15) is 0 Å². The van der Waals surface area contributed by atoms with Gasteiger partial charge in [-0.2, -0.15) is 0 Å². The van der Waals surface area contributed by atoms with Gasteiger partial charge in [0.25, 0.3) is 0 Å². The van der Waals surface area contributed by atoms with Gasteiger partial charge in [-0.3, -0.25) is 0 Å². The van der Waals surface area contributed by atoms with Gasteiger partial charge in [-0.1, -0.05) is 29.3 Å². The highest BCUT2D eigenvalue weighted by Gasteiger charge is 2.00. The number of benzene rings is 1. The van der Waals surface area contributed by atoms with E-state index in [9.17, 15) is 0 Å². The summed E-state index contributed by atoms with van der Waals surface area (Å²) in [7, 11) is 4.08. The van der Waals surface area contributed by atoms with Gasteiger partial charge in [-0.25, -0.2) is 0 Å². The lowest BCUT2D eigenvalue weighted by molar-refractivity contribution is 0.402. The second-order valence-corrected chi connectivity index (χ2v) is 3.74. The first-order valence-electron chi connectivity index (χ1n) is 3.99. The molecule has 2 heteroatoms. The summed E-state index contributed by atoms with van der Waals surface area (Å²) in [5.41, 5.74) is 2.46. The van der Waals surface area contributed by atoms with Crippen molar-refractivity contribution < 1.29 is 0 Å². The fraction of sp³-hybridized carbons (Fsp3) is 0.400. The fourth-order valence-electron chi connectivity index (χ4n) is 1.17. The maximum atomic E-state index is 6.01. The monoisotopic (exact) mass is 183 g/mol. The Hall–Kier alpha value is -0.530. The number of nitrogens with zero attached hydrogens (tertiary/aromatic N) is 1. The molecule has 0 spiro atoms. The third kappa shape index (κ3) is 2.50. The number of hydrogen-bond acceptors (Lipinski definition) is 1. The van der Waals surface area contributed by atoms with Gasteiger partial charge in [0.15, 0.2) is 0 Å². The van der Waals surface area contributed by atoms with E-state index in [1.807, 2.05) is 26.2 Å². The van der Waals surface area contributed by atoms with E-state index in [1.54, 1.807) is 0 Å². The maximum absolute atomic E-state index is 6.01. The molecule has 0 N–H and O–H groups in total. The van der Waals surface area contributed by atoms with E-state index in [-0.39, 0.29) is 0 Å². The first-order chi connectivity index (χ1) is 5.59. The quantitative estimate of drug-likeness (QED) is 0.682. The first kappa shape index (κ1) is 9.56.